The summed E-state index contributed by atoms with van der Waals surface area (Å²) < 4.78 is 31.9. The van der Waals surface area contributed by atoms with Gasteiger partial charge < -0.3 is 0 Å². The summed E-state index contributed by atoms with van der Waals surface area (Å²) in [5, 5.41) is 0. The Bertz CT molecular complexity index is 57.8. The Morgan fingerprint density at radius 1 is 1.43 bits per heavy atom. The molecule has 0 fully saturated rings. The zero-order valence-electron chi connectivity index (χ0n) is 3.16. The van der Waals surface area contributed by atoms with E-state index in [0.717, 1.165) is 0 Å². The van der Waals surface area contributed by atoms with E-state index >= 15 is 0 Å². The van der Waals surface area contributed by atoms with E-state index in [0.29, 0.717) is 0 Å². The van der Waals surface area contributed by atoms with E-state index in [1.807, 2.05) is 0 Å². The van der Waals surface area contributed by atoms with Crippen molar-refractivity contribution >= 4 is 37.6 Å². The molecular weight excluding hydrogens is 170 g/mol. The molecule has 0 rings (SSSR count). The largest absolute Gasteiger partial charge is 1.00 e. The first-order valence-corrected chi connectivity index (χ1v) is 3.98. The molecule has 2 N–H and O–H groups in total. The topological polar surface area (TPSA) is 80.6 Å². The second kappa shape index (κ2) is 5.73. The molecule has 0 aliphatic rings. The Hall–Kier alpha value is 1.60. The molecule has 0 aliphatic heterocycles. The molecule has 0 unspecified atom stereocenters. The molecule has 0 aromatic heterocycles. The van der Waals surface area contributed by atoms with E-state index in [2.05, 4.69) is 0 Å². The first-order valence-electron chi connectivity index (χ1n) is 0.765. The third-order valence-electron chi connectivity index (χ3n) is 0. The Balaban J connectivity index is -0.0000000800. The fourth-order valence-electron chi connectivity index (χ4n) is 0. The molecule has 0 amide bonds. The van der Waals surface area contributed by atoms with E-state index in [1.165, 1.54) is 0 Å². The SMILES string of the molecule is O=[As]([O-])(O)O.[Li+].[MgH2]. The van der Waals surface area contributed by atoms with Crippen molar-refractivity contribution in [3.8, 4) is 0 Å². The second-order valence-corrected chi connectivity index (χ2v) is 2.55. The van der Waals surface area contributed by atoms with Crippen LogP contribution in [-0.2, 0) is 3.74 Å². The quantitative estimate of drug-likeness (QED) is 0.358. The number of rotatable bonds is 0. The van der Waals surface area contributed by atoms with Gasteiger partial charge in [0.2, 0.25) is 0 Å². The van der Waals surface area contributed by atoms with E-state index in [9.17, 15) is 0 Å². The van der Waals surface area contributed by atoms with Crippen molar-refractivity contribution in [2.24, 2.45) is 0 Å². The standard InChI is InChI=1S/AsH3O4.Li.Mg.2H/c2-1(3,4)5;;;;/h(H3,2,3,4,5);;;;/q;+1;;;/p-1. The third kappa shape index (κ3) is 93.0. The van der Waals surface area contributed by atoms with Crippen molar-refractivity contribution in [1.29, 1.82) is 0 Å². The normalized spacial score (nSPS) is 8.43. The van der Waals surface area contributed by atoms with Crippen LogP contribution >= 0.6 is 0 Å². The molecule has 0 saturated carbocycles. The van der Waals surface area contributed by atoms with Crippen molar-refractivity contribution < 1.29 is 34.9 Å². The minimum atomic E-state index is -5.38. The van der Waals surface area contributed by atoms with Crippen LogP contribution in [0.25, 0.3) is 0 Å². The fraction of sp³-hybridized carbons (Fsp3) is 0. The smallest absolute Gasteiger partial charge is 0.316 e. The molecule has 0 atom stereocenters. The maximum atomic E-state index is 8.83. The van der Waals surface area contributed by atoms with Gasteiger partial charge >= 0.3 is 72.5 Å². The van der Waals surface area contributed by atoms with Gasteiger partial charge in [0.1, 0.15) is 0 Å². The van der Waals surface area contributed by atoms with E-state index < -0.39 is 14.5 Å². The first-order chi connectivity index (χ1) is 2.00. The Labute approximate surface area is 72.0 Å². The van der Waals surface area contributed by atoms with E-state index in [-0.39, 0.29) is 41.9 Å². The van der Waals surface area contributed by atoms with Gasteiger partial charge in [0.05, 0.1) is 0 Å². The predicted octanol–water partition coefficient (Wildman–Crippen LogP) is -6.71. The molecule has 4 nitrogen and oxygen atoms in total. The van der Waals surface area contributed by atoms with Gasteiger partial charge in [-0.15, -0.1) is 0 Å². The van der Waals surface area contributed by atoms with Crippen LogP contribution in [-0.4, -0.2) is 45.8 Å². The van der Waals surface area contributed by atoms with Gasteiger partial charge in [0, 0.05) is 0 Å². The summed E-state index contributed by atoms with van der Waals surface area (Å²) in [7, 11) is 0. The Morgan fingerprint density at radius 3 is 1.43 bits per heavy atom. The molecule has 36 valence electrons. The van der Waals surface area contributed by atoms with Gasteiger partial charge in [-0.25, -0.2) is 0 Å². The van der Waals surface area contributed by atoms with Crippen molar-refractivity contribution in [2.45, 2.75) is 0 Å². The zero-order valence-corrected chi connectivity index (χ0v) is 5.03. The molecule has 0 radical (unpaired) electrons. The summed E-state index contributed by atoms with van der Waals surface area (Å²) in [6.45, 7) is 0. The molecule has 7 heavy (non-hydrogen) atoms. The summed E-state index contributed by atoms with van der Waals surface area (Å²) in [6.07, 6.45) is 0. The maximum Gasteiger partial charge on any atom is 1.00 e. The summed E-state index contributed by atoms with van der Waals surface area (Å²) in [5.41, 5.74) is 0. The van der Waals surface area contributed by atoms with Crippen molar-refractivity contribution in [3.63, 3.8) is 0 Å². The monoisotopic (exact) mass is 174 g/mol. The molecule has 0 bridgehead atoms. The average Bonchev–Trinajstić information content (AvgIpc) is 0.722. The van der Waals surface area contributed by atoms with Crippen LogP contribution in [0.1, 0.15) is 0 Å². The summed E-state index contributed by atoms with van der Waals surface area (Å²) in [5.74, 6) is 0. The molecule has 0 spiro atoms. The number of hydrogen-bond acceptors (Lipinski definition) is 2. The Kier molecular flexibility index (Phi) is 13.0. The summed E-state index contributed by atoms with van der Waals surface area (Å²) in [6, 6.07) is 0. The summed E-state index contributed by atoms with van der Waals surface area (Å²) in [4.78, 5) is 0. The molecule has 0 aliphatic carbocycles. The minimum Gasteiger partial charge on any atom is 0.316 e. The zero-order chi connectivity index (χ0) is 4.50. The van der Waals surface area contributed by atoms with Crippen LogP contribution in [0.5, 0.6) is 0 Å². The van der Waals surface area contributed by atoms with Gasteiger partial charge in [-0.3, -0.25) is 0 Å². The van der Waals surface area contributed by atoms with Crippen LogP contribution in [0.15, 0.2) is 0 Å². The summed E-state index contributed by atoms with van der Waals surface area (Å²) >= 11 is -5.38. The molecule has 0 heterocycles. The predicted molar refractivity (Wildman–Crippen MR) is 19.4 cm³/mol. The van der Waals surface area contributed by atoms with Crippen LogP contribution in [0.2, 0.25) is 0 Å². The van der Waals surface area contributed by atoms with Gasteiger partial charge in [0.15, 0.2) is 0 Å². The van der Waals surface area contributed by atoms with Gasteiger partial charge in [-0.05, 0) is 0 Å². The number of hydrogen-bond donors (Lipinski definition) is 2. The fourth-order valence-corrected chi connectivity index (χ4v) is 0. The van der Waals surface area contributed by atoms with Crippen molar-refractivity contribution in [3.05, 3.63) is 0 Å². The molecule has 0 aromatic rings. The Morgan fingerprint density at radius 2 is 1.43 bits per heavy atom. The van der Waals surface area contributed by atoms with Crippen LogP contribution in [0.4, 0.5) is 0 Å². The molecule has 0 saturated heterocycles. The van der Waals surface area contributed by atoms with Gasteiger partial charge in [-0.1, -0.05) is 0 Å². The first kappa shape index (κ1) is 15.8. The molecule has 7 heteroatoms. The van der Waals surface area contributed by atoms with Crippen LogP contribution in [0.3, 0.4) is 0 Å². The van der Waals surface area contributed by atoms with Crippen molar-refractivity contribution in [2.75, 3.05) is 0 Å². The van der Waals surface area contributed by atoms with Gasteiger partial charge in [-0.2, -0.15) is 0 Å². The van der Waals surface area contributed by atoms with Gasteiger partial charge in [0.25, 0.3) is 0 Å². The maximum absolute atomic E-state index is 8.83. The third-order valence-corrected chi connectivity index (χ3v) is 0. The second-order valence-electron chi connectivity index (χ2n) is 0.491. The van der Waals surface area contributed by atoms with Crippen LogP contribution in [0, 0.1) is 0 Å². The molecular formula is H4AsLiMgO4. The van der Waals surface area contributed by atoms with E-state index in [4.69, 9.17) is 16.0 Å². The van der Waals surface area contributed by atoms with E-state index in [1.54, 1.807) is 0 Å². The average molecular weight is 174 g/mol. The van der Waals surface area contributed by atoms with Crippen LogP contribution < -0.4 is 23.0 Å². The minimum absolute atomic E-state index is 0. The van der Waals surface area contributed by atoms with Crippen molar-refractivity contribution in [1.82, 2.24) is 0 Å². The molecule has 0 aromatic carbocycles.